The van der Waals surface area contributed by atoms with Gasteiger partial charge < -0.3 is 5.32 Å². The Morgan fingerprint density at radius 3 is 2.30 bits per heavy atom. The highest BCUT2D eigenvalue weighted by atomic mass is 32.2. The van der Waals surface area contributed by atoms with Crippen LogP contribution in [0.4, 0.5) is 5.69 Å². The predicted octanol–water partition coefficient (Wildman–Crippen LogP) is 2.79. The van der Waals surface area contributed by atoms with Crippen LogP contribution < -0.4 is 9.62 Å². The van der Waals surface area contributed by atoms with Crippen molar-refractivity contribution in [1.82, 2.24) is 9.62 Å². The van der Waals surface area contributed by atoms with Crippen molar-refractivity contribution in [3.8, 4) is 0 Å². The average Bonchev–Trinajstić information content (AvgIpc) is 2.62. The first-order chi connectivity index (χ1) is 12.6. The summed E-state index contributed by atoms with van der Waals surface area (Å²) < 4.78 is 28.0. The van der Waals surface area contributed by atoms with E-state index in [4.69, 9.17) is 0 Å². The molecule has 1 N–H and O–H groups in total. The standard InChI is InChI=1S/C20H27N3O3S/c1-15-11-12-16(2)19(13-15)23(27(25,26)22(4)5)14-20(24)21-17(3)18-9-7-6-8-10-18/h6-13,17H,14H2,1-5H3,(H,21,24). The molecule has 0 aliphatic rings. The summed E-state index contributed by atoms with van der Waals surface area (Å²) in [5, 5.41) is 2.88. The zero-order valence-corrected chi connectivity index (χ0v) is 17.2. The number of carbonyl (C=O) groups is 1. The smallest absolute Gasteiger partial charge is 0.304 e. The Morgan fingerprint density at radius 1 is 1.07 bits per heavy atom. The summed E-state index contributed by atoms with van der Waals surface area (Å²) in [6.45, 7) is 5.30. The second kappa shape index (κ2) is 8.54. The monoisotopic (exact) mass is 389 g/mol. The molecule has 2 aromatic carbocycles. The fourth-order valence-electron chi connectivity index (χ4n) is 2.72. The maximum atomic E-state index is 12.9. The van der Waals surface area contributed by atoms with Crippen molar-refractivity contribution >= 4 is 21.8 Å². The summed E-state index contributed by atoms with van der Waals surface area (Å²) in [4.78, 5) is 12.6. The van der Waals surface area contributed by atoms with Gasteiger partial charge in [-0.3, -0.25) is 4.79 Å². The number of anilines is 1. The van der Waals surface area contributed by atoms with Crippen molar-refractivity contribution in [1.29, 1.82) is 0 Å². The summed E-state index contributed by atoms with van der Waals surface area (Å²) in [6, 6.07) is 14.9. The van der Waals surface area contributed by atoms with E-state index in [-0.39, 0.29) is 18.5 Å². The van der Waals surface area contributed by atoms with Gasteiger partial charge in [-0.05, 0) is 43.5 Å². The number of benzene rings is 2. The molecule has 0 fully saturated rings. The molecule has 7 heteroatoms. The van der Waals surface area contributed by atoms with Crippen molar-refractivity contribution in [3.63, 3.8) is 0 Å². The summed E-state index contributed by atoms with van der Waals surface area (Å²) in [7, 11) is -0.908. The molecular weight excluding hydrogens is 362 g/mol. The van der Waals surface area contributed by atoms with E-state index >= 15 is 0 Å². The normalized spacial score (nSPS) is 12.7. The van der Waals surface area contributed by atoms with Gasteiger partial charge in [-0.25, -0.2) is 4.31 Å². The SMILES string of the molecule is Cc1ccc(C)c(N(CC(=O)NC(C)c2ccccc2)S(=O)(=O)N(C)C)c1. The van der Waals surface area contributed by atoms with Crippen LogP contribution in [0.1, 0.15) is 29.7 Å². The average molecular weight is 390 g/mol. The molecule has 1 unspecified atom stereocenters. The number of hydrogen-bond donors (Lipinski definition) is 1. The third-order valence-corrected chi connectivity index (χ3v) is 6.14. The molecule has 27 heavy (non-hydrogen) atoms. The molecule has 2 rings (SSSR count). The first kappa shape index (κ1) is 20.9. The van der Waals surface area contributed by atoms with Crippen molar-refractivity contribution in [2.24, 2.45) is 0 Å². The number of carbonyl (C=O) groups excluding carboxylic acids is 1. The molecule has 0 bridgehead atoms. The van der Waals surface area contributed by atoms with Gasteiger partial charge in [0.05, 0.1) is 11.7 Å². The van der Waals surface area contributed by atoms with Gasteiger partial charge in [-0.15, -0.1) is 0 Å². The minimum absolute atomic E-state index is 0.221. The zero-order chi connectivity index (χ0) is 20.2. The fraction of sp³-hybridized carbons (Fsp3) is 0.350. The molecule has 2 aromatic rings. The zero-order valence-electron chi connectivity index (χ0n) is 16.4. The van der Waals surface area contributed by atoms with Gasteiger partial charge in [0, 0.05) is 14.1 Å². The molecule has 0 aromatic heterocycles. The summed E-state index contributed by atoms with van der Waals surface area (Å²) in [5.74, 6) is -0.363. The third kappa shape index (κ3) is 5.08. The highest BCUT2D eigenvalue weighted by Gasteiger charge is 2.28. The van der Waals surface area contributed by atoms with Crippen LogP contribution in [0.2, 0.25) is 0 Å². The molecule has 1 amide bonds. The molecule has 0 saturated heterocycles. The Morgan fingerprint density at radius 2 is 1.70 bits per heavy atom. The lowest BCUT2D eigenvalue weighted by atomic mass is 10.1. The molecule has 6 nitrogen and oxygen atoms in total. The van der Waals surface area contributed by atoms with E-state index in [1.165, 1.54) is 14.1 Å². The lowest BCUT2D eigenvalue weighted by Gasteiger charge is -2.29. The van der Waals surface area contributed by atoms with Crippen LogP contribution in [0.15, 0.2) is 48.5 Å². The van der Waals surface area contributed by atoms with Gasteiger partial charge in [0.25, 0.3) is 0 Å². The molecule has 146 valence electrons. The van der Waals surface area contributed by atoms with E-state index in [0.29, 0.717) is 5.69 Å². The van der Waals surface area contributed by atoms with E-state index in [1.54, 1.807) is 6.07 Å². The van der Waals surface area contributed by atoms with Crippen LogP contribution >= 0.6 is 0 Å². The minimum Gasteiger partial charge on any atom is -0.348 e. The quantitative estimate of drug-likeness (QED) is 0.792. The second-order valence-electron chi connectivity index (χ2n) is 6.79. The minimum atomic E-state index is -3.82. The Hall–Kier alpha value is -2.38. The van der Waals surface area contributed by atoms with Crippen LogP contribution in [-0.2, 0) is 15.0 Å². The van der Waals surface area contributed by atoms with Gasteiger partial charge in [0.2, 0.25) is 5.91 Å². The van der Waals surface area contributed by atoms with Crippen LogP contribution in [0.3, 0.4) is 0 Å². The topological polar surface area (TPSA) is 69.7 Å². The lowest BCUT2D eigenvalue weighted by Crippen LogP contribution is -2.46. The van der Waals surface area contributed by atoms with Crippen molar-refractivity contribution in [2.75, 3.05) is 24.9 Å². The Labute approximate surface area is 162 Å². The largest absolute Gasteiger partial charge is 0.348 e. The van der Waals surface area contributed by atoms with Gasteiger partial charge in [0.15, 0.2) is 0 Å². The maximum Gasteiger partial charge on any atom is 0.304 e. The maximum absolute atomic E-state index is 12.9. The van der Waals surface area contributed by atoms with Crippen molar-refractivity contribution < 1.29 is 13.2 Å². The van der Waals surface area contributed by atoms with Gasteiger partial charge in [0.1, 0.15) is 6.54 Å². The van der Waals surface area contributed by atoms with Gasteiger partial charge in [-0.2, -0.15) is 12.7 Å². The van der Waals surface area contributed by atoms with E-state index < -0.39 is 10.2 Å². The first-order valence-corrected chi connectivity index (χ1v) is 10.1. The van der Waals surface area contributed by atoms with Gasteiger partial charge >= 0.3 is 10.2 Å². The van der Waals surface area contributed by atoms with E-state index in [9.17, 15) is 13.2 Å². The molecule has 0 saturated carbocycles. The second-order valence-corrected chi connectivity index (χ2v) is 8.85. The number of hydrogen-bond acceptors (Lipinski definition) is 3. The molecule has 0 aliphatic heterocycles. The molecule has 0 spiro atoms. The van der Waals surface area contributed by atoms with E-state index in [0.717, 1.165) is 25.3 Å². The van der Waals surface area contributed by atoms with Gasteiger partial charge in [-0.1, -0.05) is 42.5 Å². The highest BCUT2D eigenvalue weighted by Crippen LogP contribution is 2.25. The van der Waals surface area contributed by atoms with E-state index in [2.05, 4.69) is 5.32 Å². The number of amides is 1. The van der Waals surface area contributed by atoms with Crippen LogP contribution in [0.25, 0.3) is 0 Å². The third-order valence-electron chi connectivity index (χ3n) is 4.34. The lowest BCUT2D eigenvalue weighted by molar-refractivity contribution is -0.120. The highest BCUT2D eigenvalue weighted by molar-refractivity contribution is 7.90. The molecule has 0 heterocycles. The molecular formula is C20H27N3O3S. The van der Waals surface area contributed by atoms with Crippen molar-refractivity contribution in [2.45, 2.75) is 26.8 Å². The number of nitrogens with zero attached hydrogens (tertiary/aromatic N) is 2. The Bertz CT molecular complexity index is 896. The van der Waals surface area contributed by atoms with Crippen LogP contribution in [0.5, 0.6) is 0 Å². The van der Waals surface area contributed by atoms with Crippen LogP contribution in [0, 0.1) is 13.8 Å². The summed E-state index contributed by atoms with van der Waals surface area (Å²) >= 11 is 0. The summed E-state index contributed by atoms with van der Waals surface area (Å²) in [6.07, 6.45) is 0. The number of rotatable bonds is 7. The van der Waals surface area contributed by atoms with Crippen molar-refractivity contribution in [3.05, 3.63) is 65.2 Å². The number of nitrogens with one attached hydrogen (secondary N) is 1. The fourth-order valence-corrected chi connectivity index (χ4v) is 3.84. The Kier molecular flexibility index (Phi) is 6.62. The molecule has 1 atom stereocenters. The number of aryl methyl sites for hydroxylation is 2. The van der Waals surface area contributed by atoms with E-state index in [1.807, 2.05) is 63.2 Å². The molecule has 0 aliphatic carbocycles. The van der Waals surface area contributed by atoms with Crippen LogP contribution in [-0.4, -0.2) is 39.3 Å². The predicted molar refractivity (Wildman–Crippen MR) is 109 cm³/mol. The summed E-state index contributed by atoms with van der Waals surface area (Å²) in [5.41, 5.74) is 3.17. The first-order valence-electron chi connectivity index (χ1n) is 8.74. The Balaban J connectivity index is 2.29. The molecule has 0 radical (unpaired) electrons.